The predicted octanol–water partition coefficient (Wildman–Crippen LogP) is 3.46. The van der Waals surface area contributed by atoms with Gasteiger partial charge in [0, 0.05) is 37.1 Å². The van der Waals surface area contributed by atoms with Crippen molar-refractivity contribution in [2.75, 3.05) is 44.9 Å². The van der Waals surface area contributed by atoms with Gasteiger partial charge >= 0.3 is 0 Å². The molecule has 7 nitrogen and oxygen atoms in total. The number of hydrogen-bond acceptors (Lipinski definition) is 5. The van der Waals surface area contributed by atoms with E-state index in [0.29, 0.717) is 43.2 Å². The lowest BCUT2D eigenvalue weighted by Crippen LogP contribution is -2.53. The SMILES string of the molecule is COC[C@H](C(=O)N(c1ccc(-c2ccccc2)cc1)c1cccc(C(N)=O)c1)N1CCOCC1. The van der Waals surface area contributed by atoms with Crippen molar-refractivity contribution in [1.29, 1.82) is 0 Å². The fourth-order valence-electron chi connectivity index (χ4n) is 4.16. The van der Waals surface area contributed by atoms with Gasteiger partial charge in [-0.2, -0.15) is 0 Å². The summed E-state index contributed by atoms with van der Waals surface area (Å²) in [4.78, 5) is 29.6. The van der Waals surface area contributed by atoms with E-state index in [-0.39, 0.29) is 12.5 Å². The van der Waals surface area contributed by atoms with Crippen LogP contribution < -0.4 is 10.6 Å². The minimum atomic E-state index is -0.546. The molecule has 2 N–H and O–H groups in total. The van der Waals surface area contributed by atoms with Crippen molar-refractivity contribution < 1.29 is 19.1 Å². The molecule has 1 aliphatic rings. The van der Waals surface area contributed by atoms with Gasteiger partial charge in [-0.1, -0.05) is 48.5 Å². The average Bonchev–Trinajstić information content (AvgIpc) is 2.89. The number of anilines is 2. The number of morpholine rings is 1. The number of carbonyl (C=O) groups excluding carboxylic acids is 2. The van der Waals surface area contributed by atoms with Crippen LogP contribution in [0.1, 0.15) is 10.4 Å². The summed E-state index contributed by atoms with van der Waals surface area (Å²) >= 11 is 0. The summed E-state index contributed by atoms with van der Waals surface area (Å²) in [5, 5.41) is 0. The number of nitrogens with two attached hydrogens (primary N) is 1. The molecule has 3 aromatic rings. The predicted molar refractivity (Wildman–Crippen MR) is 132 cm³/mol. The standard InChI is InChI=1S/C27H29N3O4/c1-33-19-25(29-14-16-34-17-15-29)27(32)30(24-9-5-8-22(18-24)26(28)31)23-12-10-21(11-13-23)20-6-3-2-4-7-20/h2-13,18,25H,14-17,19H2,1H3,(H2,28,31)/t25-/m1/s1. The number of methoxy groups -OCH3 is 1. The Morgan fingerprint density at radius 1 is 0.941 bits per heavy atom. The zero-order valence-electron chi connectivity index (χ0n) is 19.2. The summed E-state index contributed by atoms with van der Waals surface area (Å²) in [6.45, 7) is 2.66. The second-order valence-corrected chi connectivity index (χ2v) is 8.12. The van der Waals surface area contributed by atoms with Crippen LogP contribution in [0.2, 0.25) is 0 Å². The number of carbonyl (C=O) groups is 2. The van der Waals surface area contributed by atoms with Gasteiger partial charge in [-0.3, -0.25) is 19.4 Å². The number of primary amides is 1. The highest BCUT2D eigenvalue weighted by Crippen LogP contribution is 2.30. The molecule has 0 aliphatic carbocycles. The molecule has 0 saturated carbocycles. The van der Waals surface area contributed by atoms with Gasteiger partial charge < -0.3 is 15.2 Å². The first-order chi connectivity index (χ1) is 16.6. The molecular formula is C27H29N3O4. The lowest BCUT2D eigenvalue weighted by Gasteiger charge is -2.36. The van der Waals surface area contributed by atoms with E-state index >= 15 is 0 Å². The van der Waals surface area contributed by atoms with Gasteiger partial charge in [0.2, 0.25) is 5.91 Å². The van der Waals surface area contributed by atoms with Crippen LogP contribution in [-0.4, -0.2) is 62.8 Å². The van der Waals surface area contributed by atoms with Crippen molar-refractivity contribution in [3.05, 3.63) is 84.4 Å². The zero-order chi connectivity index (χ0) is 23.9. The molecule has 0 unspecified atom stereocenters. The maximum Gasteiger partial charge on any atom is 0.251 e. The molecule has 0 aromatic heterocycles. The lowest BCUT2D eigenvalue weighted by molar-refractivity contribution is -0.127. The maximum absolute atomic E-state index is 14.0. The molecule has 4 rings (SSSR count). The molecule has 7 heteroatoms. The zero-order valence-corrected chi connectivity index (χ0v) is 19.2. The number of benzene rings is 3. The molecular weight excluding hydrogens is 430 g/mol. The first kappa shape index (κ1) is 23.6. The van der Waals surface area contributed by atoms with Crippen LogP contribution in [0.3, 0.4) is 0 Å². The molecule has 0 spiro atoms. The average molecular weight is 460 g/mol. The van der Waals surface area contributed by atoms with Gasteiger partial charge in [-0.25, -0.2) is 0 Å². The van der Waals surface area contributed by atoms with Crippen LogP contribution in [0.4, 0.5) is 11.4 Å². The van der Waals surface area contributed by atoms with E-state index in [1.54, 1.807) is 36.3 Å². The molecule has 1 aliphatic heterocycles. The minimum absolute atomic E-state index is 0.141. The van der Waals surface area contributed by atoms with Crippen molar-refractivity contribution in [2.45, 2.75) is 6.04 Å². The van der Waals surface area contributed by atoms with Gasteiger partial charge in [0.25, 0.3) is 5.91 Å². The van der Waals surface area contributed by atoms with Crippen LogP contribution in [0, 0.1) is 0 Å². The Bertz CT molecular complexity index is 1110. The molecule has 0 radical (unpaired) electrons. The van der Waals surface area contributed by atoms with Crippen LogP contribution in [0.5, 0.6) is 0 Å². The minimum Gasteiger partial charge on any atom is -0.383 e. The molecule has 34 heavy (non-hydrogen) atoms. The summed E-state index contributed by atoms with van der Waals surface area (Å²) < 4.78 is 10.9. The fraction of sp³-hybridized carbons (Fsp3) is 0.259. The summed E-state index contributed by atoms with van der Waals surface area (Å²) in [5.41, 5.74) is 9.26. The fourth-order valence-corrected chi connectivity index (χ4v) is 4.16. The Hall–Kier alpha value is -3.52. The topological polar surface area (TPSA) is 85.1 Å². The quantitative estimate of drug-likeness (QED) is 0.558. The van der Waals surface area contributed by atoms with Gasteiger partial charge in [0.15, 0.2) is 0 Å². The third kappa shape index (κ3) is 5.34. The Morgan fingerprint density at radius 2 is 1.62 bits per heavy atom. The summed E-state index contributed by atoms with van der Waals surface area (Å²) in [5.74, 6) is -0.687. The molecule has 2 amide bonds. The maximum atomic E-state index is 14.0. The van der Waals surface area contributed by atoms with Crippen LogP contribution >= 0.6 is 0 Å². The van der Waals surface area contributed by atoms with E-state index in [0.717, 1.165) is 11.1 Å². The van der Waals surface area contributed by atoms with E-state index in [2.05, 4.69) is 4.90 Å². The first-order valence-electron chi connectivity index (χ1n) is 11.3. The third-order valence-electron chi connectivity index (χ3n) is 5.94. The molecule has 1 saturated heterocycles. The van der Waals surface area contributed by atoms with Crippen LogP contribution in [0.15, 0.2) is 78.9 Å². The van der Waals surface area contributed by atoms with Gasteiger partial charge in [0.1, 0.15) is 6.04 Å². The Labute approximate surface area is 199 Å². The van der Waals surface area contributed by atoms with Crippen LogP contribution in [-0.2, 0) is 14.3 Å². The molecule has 1 fully saturated rings. The molecule has 176 valence electrons. The molecule has 1 heterocycles. The summed E-state index contributed by atoms with van der Waals surface area (Å²) in [6.07, 6.45) is 0. The normalized spacial score (nSPS) is 15.0. The third-order valence-corrected chi connectivity index (χ3v) is 5.94. The van der Waals surface area contributed by atoms with Crippen molar-refractivity contribution in [3.8, 4) is 11.1 Å². The summed E-state index contributed by atoms with van der Waals surface area (Å²) in [6, 6.07) is 24.2. The van der Waals surface area contributed by atoms with E-state index in [1.165, 1.54) is 0 Å². The van der Waals surface area contributed by atoms with E-state index < -0.39 is 11.9 Å². The largest absolute Gasteiger partial charge is 0.383 e. The first-order valence-corrected chi connectivity index (χ1v) is 11.3. The van der Waals surface area contributed by atoms with Crippen LogP contribution in [0.25, 0.3) is 11.1 Å². The number of ether oxygens (including phenoxy) is 2. The molecule has 3 aromatic carbocycles. The van der Waals surface area contributed by atoms with Crippen molar-refractivity contribution in [1.82, 2.24) is 4.90 Å². The number of amides is 2. The van der Waals surface area contributed by atoms with Gasteiger partial charge in [-0.15, -0.1) is 0 Å². The molecule has 1 atom stereocenters. The highest BCUT2D eigenvalue weighted by atomic mass is 16.5. The Balaban J connectivity index is 1.74. The van der Waals surface area contributed by atoms with Gasteiger partial charge in [0.05, 0.1) is 19.8 Å². The van der Waals surface area contributed by atoms with Gasteiger partial charge in [-0.05, 0) is 41.5 Å². The van der Waals surface area contributed by atoms with Crippen molar-refractivity contribution in [3.63, 3.8) is 0 Å². The van der Waals surface area contributed by atoms with E-state index in [9.17, 15) is 9.59 Å². The number of rotatable bonds is 8. The Morgan fingerprint density at radius 3 is 2.26 bits per heavy atom. The second-order valence-electron chi connectivity index (χ2n) is 8.12. The lowest BCUT2D eigenvalue weighted by atomic mass is 10.0. The number of nitrogens with zero attached hydrogens (tertiary/aromatic N) is 2. The number of hydrogen-bond donors (Lipinski definition) is 1. The summed E-state index contributed by atoms with van der Waals surface area (Å²) in [7, 11) is 1.59. The molecule has 0 bridgehead atoms. The highest BCUT2D eigenvalue weighted by Gasteiger charge is 2.33. The van der Waals surface area contributed by atoms with E-state index in [1.807, 2.05) is 54.6 Å². The smallest absolute Gasteiger partial charge is 0.251 e. The van der Waals surface area contributed by atoms with E-state index in [4.69, 9.17) is 15.2 Å². The second kappa shape index (κ2) is 11.1. The van der Waals surface area contributed by atoms with Crippen molar-refractivity contribution >= 4 is 23.2 Å². The monoisotopic (exact) mass is 459 g/mol. The highest BCUT2D eigenvalue weighted by molar-refractivity contribution is 6.05. The van der Waals surface area contributed by atoms with Crippen molar-refractivity contribution in [2.24, 2.45) is 5.73 Å². The Kier molecular flexibility index (Phi) is 7.69.